The molecule has 5 rings (SSSR count). The largest absolute Gasteiger partial charge is 0.388 e. The third kappa shape index (κ3) is 4.58. The second-order valence-electron chi connectivity index (χ2n) is 7.74. The Morgan fingerprint density at radius 2 is 1.43 bits per heavy atom. The van der Waals surface area contributed by atoms with Crippen LogP contribution in [0, 0.1) is 3.95 Å². The molecule has 0 atom stereocenters. The van der Waals surface area contributed by atoms with Crippen molar-refractivity contribution >= 4 is 109 Å². The summed E-state index contributed by atoms with van der Waals surface area (Å²) in [5, 5.41) is -0.368. The predicted molar refractivity (Wildman–Crippen MR) is 149 cm³/mol. The summed E-state index contributed by atoms with van der Waals surface area (Å²) >= 11 is 31.8. The molecule has 0 N–H and O–H groups in total. The van der Waals surface area contributed by atoms with Gasteiger partial charge in [-0.25, -0.2) is 9.59 Å². The minimum atomic E-state index is -1.21. The molecule has 0 saturated carbocycles. The van der Waals surface area contributed by atoms with Crippen molar-refractivity contribution in [1.29, 1.82) is 0 Å². The quantitative estimate of drug-likeness (QED) is 0.0677. The summed E-state index contributed by atoms with van der Waals surface area (Å²) < 4.78 is 9.23. The van der Waals surface area contributed by atoms with Crippen molar-refractivity contribution in [3.05, 3.63) is 96.0 Å². The van der Waals surface area contributed by atoms with Crippen molar-refractivity contribution < 1.29 is 19.1 Å². The van der Waals surface area contributed by atoms with Crippen LogP contribution in [0.15, 0.2) is 60.8 Å². The molecule has 0 fully saturated rings. The smallest absolute Gasteiger partial charge is 0.348 e. The number of halogens is 4. The van der Waals surface area contributed by atoms with E-state index in [1.165, 1.54) is 22.1 Å². The molecule has 0 amide bonds. The van der Waals surface area contributed by atoms with Gasteiger partial charge in [-0.15, -0.1) is 11.3 Å². The van der Waals surface area contributed by atoms with Gasteiger partial charge in [-0.1, -0.05) is 76.7 Å². The van der Waals surface area contributed by atoms with Gasteiger partial charge in [0, 0.05) is 11.6 Å². The molecule has 6 nitrogen and oxygen atoms in total. The summed E-state index contributed by atoms with van der Waals surface area (Å²) in [5.41, 5.74) is 0.446. The maximum Gasteiger partial charge on any atom is 0.348 e. The van der Waals surface area contributed by atoms with Crippen molar-refractivity contribution in [2.75, 3.05) is 0 Å². The van der Waals surface area contributed by atoms with Crippen LogP contribution in [0.4, 0.5) is 0 Å². The van der Waals surface area contributed by atoms with E-state index in [0.717, 1.165) is 10.1 Å². The number of nitrogens with zero attached hydrogens (tertiary/aromatic N) is 2. The van der Waals surface area contributed by atoms with Gasteiger partial charge in [0.05, 0.1) is 47.0 Å². The number of carbonyl (C=O) groups excluding carboxylic acids is 3. The Morgan fingerprint density at radius 1 is 0.811 bits per heavy atom. The van der Waals surface area contributed by atoms with E-state index < -0.39 is 23.4 Å². The molecule has 0 saturated heterocycles. The van der Waals surface area contributed by atoms with Crippen LogP contribution in [0.5, 0.6) is 0 Å². The lowest BCUT2D eigenvalue weighted by Gasteiger charge is -2.15. The molecule has 186 valence electrons. The Labute approximate surface area is 238 Å². The van der Waals surface area contributed by atoms with Crippen LogP contribution in [0.3, 0.4) is 0 Å². The summed E-state index contributed by atoms with van der Waals surface area (Å²) in [6.07, 6.45) is 1.52. The number of rotatable bonds is 4. The van der Waals surface area contributed by atoms with Gasteiger partial charge >= 0.3 is 11.9 Å². The standard InChI is InChI=1S/C25H12Cl4N2O4S2/c26-19-17(23(33)30-10-9-12-5-1-2-6-13(12)30)18(20(27)22(29)21(19)28)24(34)35-16(32)11-31-14-7-3-4-8-15(14)37-25(31)36/h1-10H,11H2. The first kappa shape index (κ1) is 25.9. The summed E-state index contributed by atoms with van der Waals surface area (Å²) in [6.45, 7) is -0.340. The van der Waals surface area contributed by atoms with Crippen LogP contribution in [0.2, 0.25) is 20.1 Å². The van der Waals surface area contributed by atoms with Gasteiger partial charge in [-0.3, -0.25) is 9.36 Å². The molecule has 2 heterocycles. The molecule has 0 spiro atoms. The number of hydrogen-bond acceptors (Lipinski definition) is 6. The van der Waals surface area contributed by atoms with Crippen LogP contribution in [0.1, 0.15) is 20.7 Å². The molecule has 37 heavy (non-hydrogen) atoms. The number of thiazole rings is 1. The number of para-hydroxylation sites is 2. The number of carbonyl (C=O) groups is 3. The number of esters is 2. The van der Waals surface area contributed by atoms with Crippen molar-refractivity contribution in [3.63, 3.8) is 0 Å². The zero-order chi connectivity index (χ0) is 26.4. The van der Waals surface area contributed by atoms with E-state index in [1.54, 1.807) is 34.9 Å². The van der Waals surface area contributed by atoms with E-state index in [0.29, 0.717) is 15.0 Å². The molecule has 2 aromatic heterocycles. The van der Waals surface area contributed by atoms with E-state index in [9.17, 15) is 14.4 Å². The molecule has 0 aliphatic heterocycles. The van der Waals surface area contributed by atoms with E-state index in [4.69, 9.17) is 63.4 Å². The number of fused-ring (bicyclic) bond motifs is 2. The maximum atomic E-state index is 13.6. The Bertz CT molecular complexity index is 1820. The average molecular weight is 610 g/mol. The highest BCUT2D eigenvalue weighted by Crippen LogP contribution is 2.42. The Morgan fingerprint density at radius 3 is 2.16 bits per heavy atom. The van der Waals surface area contributed by atoms with E-state index >= 15 is 0 Å². The average Bonchev–Trinajstić information content (AvgIpc) is 3.45. The van der Waals surface area contributed by atoms with Crippen molar-refractivity contribution in [1.82, 2.24) is 9.13 Å². The SMILES string of the molecule is O=C(Cn1c(=S)sc2ccccc21)OC(=O)c1c(Cl)c(Cl)c(Cl)c(Cl)c1C(=O)n1ccc2ccccc21. The lowest BCUT2D eigenvalue weighted by Crippen LogP contribution is -2.22. The van der Waals surface area contributed by atoms with E-state index in [-0.39, 0.29) is 32.2 Å². The van der Waals surface area contributed by atoms with E-state index in [1.807, 2.05) is 24.3 Å². The highest BCUT2D eigenvalue weighted by molar-refractivity contribution is 7.73. The maximum absolute atomic E-state index is 13.6. The van der Waals surface area contributed by atoms with E-state index in [2.05, 4.69) is 0 Å². The van der Waals surface area contributed by atoms with Gasteiger partial charge in [-0.05, 0) is 36.5 Å². The molecule has 3 aromatic carbocycles. The number of benzene rings is 3. The normalized spacial score (nSPS) is 11.2. The minimum absolute atomic E-state index is 0.216. The van der Waals surface area contributed by atoms with Gasteiger partial charge in [0.1, 0.15) is 6.54 Å². The Balaban J connectivity index is 1.54. The fourth-order valence-corrected chi connectivity index (χ4v) is 6.22. The molecule has 0 radical (unpaired) electrons. The molecular formula is C25H12Cl4N2O4S2. The first-order chi connectivity index (χ1) is 17.7. The van der Waals surface area contributed by atoms with Crippen LogP contribution in [-0.4, -0.2) is 27.0 Å². The minimum Gasteiger partial charge on any atom is -0.388 e. The first-order valence-corrected chi connectivity index (χ1v) is 13.2. The highest BCUT2D eigenvalue weighted by Gasteiger charge is 2.32. The zero-order valence-electron chi connectivity index (χ0n) is 18.3. The van der Waals surface area contributed by atoms with Crippen molar-refractivity contribution in [2.24, 2.45) is 0 Å². The Kier molecular flexibility index (Phi) is 7.15. The van der Waals surface area contributed by atoms with Crippen LogP contribution in [0.25, 0.3) is 21.1 Å². The molecular weight excluding hydrogens is 598 g/mol. The van der Waals surface area contributed by atoms with Crippen LogP contribution >= 0.6 is 70.0 Å². The van der Waals surface area contributed by atoms with Crippen LogP contribution in [-0.2, 0) is 16.1 Å². The molecule has 12 heteroatoms. The second kappa shape index (κ2) is 10.2. The highest BCUT2D eigenvalue weighted by atomic mass is 35.5. The fourth-order valence-electron chi connectivity index (χ4n) is 3.88. The lowest BCUT2D eigenvalue weighted by atomic mass is 10.1. The van der Waals surface area contributed by atoms with Gasteiger partial charge in [-0.2, -0.15) is 0 Å². The third-order valence-corrected chi connectivity index (χ3v) is 8.80. The molecule has 0 aliphatic carbocycles. The lowest BCUT2D eigenvalue weighted by molar-refractivity contribution is -0.138. The topological polar surface area (TPSA) is 70.3 Å². The summed E-state index contributed by atoms with van der Waals surface area (Å²) in [4.78, 5) is 39.7. The monoisotopic (exact) mass is 608 g/mol. The van der Waals surface area contributed by atoms with Gasteiger partial charge in [0.15, 0.2) is 3.95 Å². The molecule has 5 aromatic rings. The number of ether oxygens (including phenoxy) is 1. The zero-order valence-corrected chi connectivity index (χ0v) is 23.0. The summed E-state index contributed by atoms with van der Waals surface area (Å²) in [5.74, 6) is -2.84. The number of hydrogen-bond donors (Lipinski definition) is 0. The summed E-state index contributed by atoms with van der Waals surface area (Å²) in [6, 6.07) is 16.1. The van der Waals surface area contributed by atoms with Gasteiger partial charge in [0.25, 0.3) is 5.91 Å². The van der Waals surface area contributed by atoms with Gasteiger partial charge < -0.3 is 9.30 Å². The molecule has 0 aliphatic rings. The second-order valence-corrected chi connectivity index (χ2v) is 10.9. The Hall–Kier alpha value is -2.72. The predicted octanol–water partition coefficient (Wildman–Crippen LogP) is 8.07. The van der Waals surface area contributed by atoms with Crippen molar-refractivity contribution in [2.45, 2.75) is 6.54 Å². The summed E-state index contributed by atoms with van der Waals surface area (Å²) in [7, 11) is 0. The number of aromatic nitrogens is 2. The van der Waals surface area contributed by atoms with Gasteiger partial charge in [0.2, 0.25) is 0 Å². The molecule has 0 unspecified atom stereocenters. The first-order valence-electron chi connectivity index (χ1n) is 10.5. The van der Waals surface area contributed by atoms with Crippen molar-refractivity contribution in [3.8, 4) is 0 Å². The molecule has 0 bridgehead atoms. The fraction of sp³-hybridized carbons (Fsp3) is 0.0400. The van der Waals surface area contributed by atoms with Crippen LogP contribution < -0.4 is 0 Å². The third-order valence-electron chi connectivity index (χ3n) is 5.57.